The summed E-state index contributed by atoms with van der Waals surface area (Å²) in [6.07, 6.45) is 1.55. The maximum absolute atomic E-state index is 13.1. The molecule has 2 aromatic carbocycles. The van der Waals surface area contributed by atoms with Crippen molar-refractivity contribution in [3.8, 4) is 0 Å². The molecule has 2 aromatic rings. The van der Waals surface area contributed by atoms with E-state index in [-0.39, 0.29) is 23.9 Å². The summed E-state index contributed by atoms with van der Waals surface area (Å²) in [6.45, 7) is 4.85. The summed E-state index contributed by atoms with van der Waals surface area (Å²) in [5, 5.41) is 10.6. The number of carbonyl (C=O) groups is 2. The minimum absolute atomic E-state index is 0.117. The molecule has 0 radical (unpaired) electrons. The topological polar surface area (TPSA) is 66.8 Å². The predicted octanol–water partition coefficient (Wildman–Crippen LogP) is 4.40. The number of aryl methyl sites for hydroxylation is 1. The molecule has 1 amide bonds. The quantitative estimate of drug-likeness (QED) is 0.593. The Morgan fingerprint density at radius 1 is 1.07 bits per heavy atom. The van der Waals surface area contributed by atoms with E-state index in [1.54, 1.807) is 4.90 Å². The lowest BCUT2D eigenvalue weighted by molar-refractivity contribution is -0.129. The highest BCUT2D eigenvalue weighted by Gasteiger charge is 2.42. The fraction of sp³-hybridized carbons (Fsp3) is 0.360. The number of rotatable bonds is 10. The molecule has 158 valence electrons. The molecule has 1 unspecified atom stereocenters. The highest BCUT2D eigenvalue weighted by atomic mass is 16.5. The van der Waals surface area contributed by atoms with E-state index < -0.39 is 17.7 Å². The van der Waals surface area contributed by atoms with Crippen molar-refractivity contribution >= 4 is 11.7 Å². The molecule has 0 aromatic heterocycles. The number of Topliss-reactive ketones (excluding diaryl/α,β-unsaturated/α-hetero) is 1. The maximum Gasteiger partial charge on any atom is 0.290 e. The molecule has 0 saturated heterocycles. The molecule has 1 aliphatic heterocycles. The van der Waals surface area contributed by atoms with Gasteiger partial charge in [-0.25, -0.2) is 0 Å². The molecule has 0 saturated carbocycles. The van der Waals surface area contributed by atoms with Crippen LogP contribution >= 0.6 is 0 Å². The molecule has 5 nitrogen and oxygen atoms in total. The van der Waals surface area contributed by atoms with Gasteiger partial charge in [0.15, 0.2) is 11.5 Å². The molecule has 1 N–H and O–H groups in total. The number of hydrogen-bond donors (Lipinski definition) is 1. The van der Waals surface area contributed by atoms with Crippen molar-refractivity contribution in [2.24, 2.45) is 0 Å². The van der Waals surface area contributed by atoms with Crippen molar-refractivity contribution in [3.05, 3.63) is 83.1 Å². The van der Waals surface area contributed by atoms with Gasteiger partial charge in [-0.05, 0) is 37.8 Å². The number of aliphatic hydroxyl groups excluding tert-OH is 1. The van der Waals surface area contributed by atoms with Gasteiger partial charge in [-0.1, -0.05) is 60.7 Å². The van der Waals surface area contributed by atoms with Gasteiger partial charge in [0, 0.05) is 19.6 Å². The van der Waals surface area contributed by atoms with Gasteiger partial charge in [0.25, 0.3) is 5.91 Å². The van der Waals surface area contributed by atoms with Crippen LogP contribution < -0.4 is 0 Å². The van der Waals surface area contributed by atoms with E-state index in [9.17, 15) is 14.7 Å². The molecule has 0 bridgehead atoms. The molecule has 5 heteroatoms. The molecule has 0 aliphatic carbocycles. The summed E-state index contributed by atoms with van der Waals surface area (Å²) >= 11 is 0. The van der Waals surface area contributed by atoms with E-state index >= 15 is 0 Å². The van der Waals surface area contributed by atoms with Crippen molar-refractivity contribution in [2.75, 3.05) is 13.2 Å². The lowest BCUT2D eigenvalue weighted by Gasteiger charge is -2.27. The third-order valence-electron chi connectivity index (χ3n) is 5.20. The average molecular weight is 408 g/mol. The average Bonchev–Trinajstić information content (AvgIpc) is 3.01. The van der Waals surface area contributed by atoms with Crippen molar-refractivity contribution in [3.63, 3.8) is 0 Å². The van der Waals surface area contributed by atoms with E-state index in [2.05, 4.69) is 0 Å². The zero-order valence-electron chi connectivity index (χ0n) is 17.6. The molecule has 30 heavy (non-hydrogen) atoms. The molecular formula is C25H29NO4. The van der Waals surface area contributed by atoms with Gasteiger partial charge >= 0.3 is 0 Å². The number of ether oxygens (including phenoxy) is 1. The van der Waals surface area contributed by atoms with E-state index in [0.29, 0.717) is 26.0 Å². The fourth-order valence-electron chi connectivity index (χ4n) is 3.74. The molecule has 0 fully saturated rings. The standard InChI is InChI=1S/C25H29NO4/c1-18(2)30-17-9-16-26-23(20-12-7-4-8-13-20)22(24(28)25(26)29)21(27)15-14-19-10-5-3-6-11-19/h3-8,10-13,18,23,28H,9,14-17H2,1-2H3. The Kier molecular flexibility index (Phi) is 7.41. The molecule has 1 aliphatic rings. The largest absolute Gasteiger partial charge is 0.503 e. The first-order chi connectivity index (χ1) is 14.5. The smallest absolute Gasteiger partial charge is 0.290 e. The van der Waals surface area contributed by atoms with Gasteiger partial charge < -0.3 is 14.7 Å². The van der Waals surface area contributed by atoms with Gasteiger partial charge in [-0.3, -0.25) is 9.59 Å². The number of carbonyl (C=O) groups excluding carboxylic acids is 2. The lowest BCUT2D eigenvalue weighted by atomic mass is 9.93. The number of aliphatic hydroxyl groups is 1. The van der Waals surface area contributed by atoms with Crippen molar-refractivity contribution in [1.29, 1.82) is 0 Å². The normalized spacial score (nSPS) is 16.6. The minimum atomic E-state index is -0.568. The van der Waals surface area contributed by atoms with Crippen molar-refractivity contribution in [1.82, 2.24) is 4.90 Å². The molecule has 1 heterocycles. The Labute approximate surface area is 178 Å². The van der Waals surface area contributed by atoms with Crippen LogP contribution in [0.3, 0.4) is 0 Å². The lowest BCUT2D eigenvalue weighted by Crippen LogP contribution is -2.32. The third-order valence-corrected chi connectivity index (χ3v) is 5.20. The summed E-state index contributed by atoms with van der Waals surface area (Å²) < 4.78 is 5.59. The number of ketones is 1. The Hall–Kier alpha value is -2.92. The van der Waals surface area contributed by atoms with E-state index in [4.69, 9.17) is 4.74 Å². The molecule has 1 atom stereocenters. The molecular weight excluding hydrogens is 378 g/mol. The van der Waals surface area contributed by atoms with E-state index in [1.807, 2.05) is 74.5 Å². The van der Waals surface area contributed by atoms with Gasteiger partial charge in [0.1, 0.15) is 0 Å². The second kappa shape index (κ2) is 10.2. The first-order valence-electron chi connectivity index (χ1n) is 10.5. The minimum Gasteiger partial charge on any atom is -0.503 e. The fourth-order valence-corrected chi connectivity index (χ4v) is 3.74. The summed E-state index contributed by atoms with van der Waals surface area (Å²) in [7, 11) is 0. The number of hydrogen-bond acceptors (Lipinski definition) is 4. The van der Waals surface area contributed by atoms with Gasteiger partial charge in [0.2, 0.25) is 0 Å². The Balaban J connectivity index is 1.80. The number of nitrogens with zero attached hydrogens (tertiary/aromatic N) is 1. The Morgan fingerprint density at radius 2 is 1.70 bits per heavy atom. The highest BCUT2D eigenvalue weighted by molar-refractivity contribution is 6.09. The summed E-state index contributed by atoms with van der Waals surface area (Å²) in [5.41, 5.74) is 2.07. The molecule has 3 rings (SSSR count). The van der Waals surface area contributed by atoms with E-state index in [1.165, 1.54) is 0 Å². The number of amides is 1. The Morgan fingerprint density at radius 3 is 2.33 bits per heavy atom. The van der Waals surface area contributed by atoms with Crippen LogP contribution in [-0.4, -0.2) is 41.0 Å². The number of benzene rings is 2. The van der Waals surface area contributed by atoms with Gasteiger partial charge in [0.05, 0.1) is 17.7 Å². The second-order valence-electron chi connectivity index (χ2n) is 7.76. The van der Waals surface area contributed by atoms with Crippen LogP contribution in [0, 0.1) is 0 Å². The first kappa shape index (κ1) is 21.8. The molecule has 0 spiro atoms. The van der Waals surface area contributed by atoms with E-state index in [0.717, 1.165) is 11.1 Å². The monoisotopic (exact) mass is 407 g/mol. The van der Waals surface area contributed by atoms with Crippen LogP contribution in [0.4, 0.5) is 0 Å². The SMILES string of the molecule is CC(C)OCCCN1C(=O)C(O)=C(C(=O)CCc2ccccc2)C1c1ccccc1. The van der Waals surface area contributed by atoms with Gasteiger partial charge in [-0.2, -0.15) is 0 Å². The van der Waals surface area contributed by atoms with Crippen LogP contribution in [0.1, 0.15) is 43.9 Å². The second-order valence-corrected chi connectivity index (χ2v) is 7.76. The van der Waals surface area contributed by atoms with Crippen LogP contribution in [0.15, 0.2) is 72.0 Å². The summed E-state index contributed by atoms with van der Waals surface area (Å²) in [5.74, 6) is -1.11. The predicted molar refractivity (Wildman–Crippen MR) is 116 cm³/mol. The zero-order chi connectivity index (χ0) is 21.5. The highest BCUT2D eigenvalue weighted by Crippen LogP contribution is 2.38. The van der Waals surface area contributed by atoms with Crippen LogP contribution in [0.25, 0.3) is 0 Å². The third kappa shape index (κ3) is 5.16. The maximum atomic E-state index is 13.1. The summed E-state index contributed by atoms with van der Waals surface area (Å²) in [6, 6.07) is 18.6. The first-order valence-corrected chi connectivity index (χ1v) is 10.5. The van der Waals surface area contributed by atoms with Gasteiger partial charge in [-0.15, -0.1) is 0 Å². The van der Waals surface area contributed by atoms with Crippen LogP contribution in [0.5, 0.6) is 0 Å². The van der Waals surface area contributed by atoms with Crippen LogP contribution in [0.2, 0.25) is 0 Å². The van der Waals surface area contributed by atoms with Crippen molar-refractivity contribution in [2.45, 2.75) is 45.3 Å². The van der Waals surface area contributed by atoms with Crippen molar-refractivity contribution < 1.29 is 19.4 Å². The summed E-state index contributed by atoms with van der Waals surface area (Å²) in [4.78, 5) is 27.5. The Bertz CT molecular complexity index is 890. The zero-order valence-corrected chi connectivity index (χ0v) is 17.6. The van der Waals surface area contributed by atoms with Crippen LogP contribution in [-0.2, 0) is 20.7 Å².